The summed E-state index contributed by atoms with van der Waals surface area (Å²) in [6.45, 7) is 1.31. The molecular weight excluding hydrogens is 296 g/mol. The van der Waals surface area contributed by atoms with Crippen LogP contribution < -0.4 is 0 Å². The highest BCUT2D eigenvalue weighted by atomic mass is 79.9. The number of fused-ring (bicyclic) bond motifs is 1. The molecule has 2 aromatic heterocycles. The van der Waals surface area contributed by atoms with Gasteiger partial charge in [0.1, 0.15) is 0 Å². The monoisotopic (exact) mass is 306 g/mol. The molecule has 0 unspecified atom stereocenters. The van der Waals surface area contributed by atoms with E-state index in [4.69, 9.17) is 4.42 Å². The number of hydrogen-bond acceptors (Lipinski definition) is 3. The van der Waals surface area contributed by atoms with Crippen LogP contribution in [0.3, 0.4) is 0 Å². The van der Waals surface area contributed by atoms with Crippen LogP contribution in [0.15, 0.2) is 39.7 Å². The minimum atomic E-state index is -0.00914. The summed E-state index contributed by atoms with van der Waals surface area (Å²) in [6, 6.07) is 5.61. The molecule has 92 valence electrons. The molecule has 1 aliphatic rings. The van der Waals surface area contributed by atoms with Gasteiger partial charge in [-0.05, 0) is 33.6 Å². The molecule has 0 atom stereocenters. The van der Waals surface area contributed by atoms with Gasteiger partial charge in [-0.2, -0.15) is 0 Å². The Kier molecular flexibility index (Phi) is 2.91. The molecule has 3 rings (SSSR count). The highest BCUT2D eigenvalue weighted by Crippen LogP contribution is 2.23. The molecular formula is C13H11BrN2O2. The number of amides is 1. The van der Waals surface area contributed by atoms with E-state index in [2.05, 4.69) is 20.9 Å². The molecule has 0 radical (unpaired) electrons. The number of carbonyl (C=O) groups is 1. The van der Waals surface area contributed by atoms with Crippen LogP contribution in [-0.2, 0) is 13.0 Å². The molecule has 1 amide bonds. The fourth-order valence-electron chi connectivity index (χ4n) is 2.16. The van der Waals surface area contributed by atoms with E-state index in [1.54, 1.807) is 12.3 Å². The lowest BCUT2D eigenvalue weighted by atomic mass is 10.1. The summed E-state index contributed by atoms with van der Waals surface area (Å²) in [6.07, 6.45) is 4.11. The minimum Gasteiger partial charge on any atom is -0.457 e. The lowest BCUT2D eigenvalue weighted by molar-refractivity contribution is 0.0731. The van der Waals surface area contributed by atoms with Crippen LogP contribution >= 0.6 is 15.9 Å². The average molecular weight is 307 g/mol. The van der Waals surface area contributed by atoms with Gasteiger partial charge in [-0.15, -0.1) is 0 Å². The Balaban J connectivity index is 1.84. The summed E-state index contributed by atoms with van der Waals surface area (Å²) in [5.41, 5.74) is 2.78. The van der Waals surface area contributed by atoms with Crippen molar-refractivity contribution in [1.82, 2.24) is 9.88 Å². The third-order valence-corrected chi connectivity index (χ3v) is 3.71. The van der Waals surface area contributed by atoms with Crippen molar-refractivity contribution in [3.63, 3.8) is 0 Å². The third kappa shape index (κ3) is 1.95. The first-order valence-electron chi connectivity index (χ1n) is 5.71. The maximum Gasteiger partial charge on any atom is 0.258 e. The molecule has 3 heterocycles. The Morgan fingerprint density at radius 1 is 1.44 bits per heavy atom. The Labute approximate surface area is 113 Å². The molecule has 18 heavy (non-hydrogen) atoms. The van der Waals surface area contributed by atoms with Gasteiger partial charge >= 0.3 is 0 Å². The summed E-state index contributed by atoms with van der Waals surface area (Å²) in [4.78, 5) is 18.5. The third-order valence-electron chi connectivity index (χ3n) is 3.10. The van der Waals surface area contributed by atoms with Crippen LogP contribution in [0.5, 0.6) is 0 Å². The highest BCUT2D eigenvalue weighted by Gasteiger charge is 2.24. The van der Waals surface area contributed by atoms with E-state index >= 15 is 0 Å². The molecule has 2 aromatic rings. The van der Waals surface area contributed by atoms with E-state index in [1.807, 2.05) is 17.0 Å². The normalized spacial score (nSPS) is 14.4. The minimum absolute atomic E-state index is 0.00914. The van der Waals surface area contributed by atoms with Crippen molar-refractivity contribution in [2.24, 2.45) is 0 Å². The van der Waals surface area contributed by atoms with Gasteiger partial charge in [-0.3, -0.25) is 9.78 Å². The van der Waals surface area contributed by atoms with E-state index < -0.39 is 0 Å². The van der Waals surface area contributed by atoms with Gasteiger partial charge in [0.15, 0.2) is 4.67 Å². The first kappa shape index (κ1) is 11.5. The van der Waals surface area contributed by atoms with E-state index in [0.717, 1.165) is 17.7 Å². The second-order valence-corrected chi connectivity index (χ2v) is 4.91. The number of halogens is 1. The van der Waals surface area contributed by atoms with Crippen LogP contribution in [0.1, 0.15) is 21.6 Å². The van der Waals surface area contributed by atoms with Gasteiger partial charge in [0.05, 0.1) is 11.8 Å². The second kappa shape index (κ2) is 4.57. The number of furan rings is 1. The van der Waals surface area contributed by atoms with Crippen molar-refractivity contribution in [1.29, 1.82) is 0 Å². The molecule has 0 aliphatic carbocycles. The number of pyridine rings is 1. The second-order valence-electron chi connectivity index (χ2n) is 4.19. The van der Waals surface area contributed by atoms with Crippen molar-refractivity contribution in [3.8, 4) is 0 Å². The molecule has 0 spiro atoms. The van der Waals surface area contributed by atoms with E-state index in [1.165, 1.54) is 6.26 Å². The van der Waals surface area contributed by atoms with Crippen LogP contribution in [0.2, 0.25) is 0 Å². The Morgan fingerprint density at radius 3 is 3.11 bits per heavy atom. The quantitative estimate of drug-likeness (QED) is 0.813. The Hall–Kier alpha value is -1.62. The summed E-state index contributed by atoms with van der Waals surface area (Å²) in [5, 5.41) is 0. The zero-order valence-electron chi connectivity index (χ0n) is 9.60. The number of hydrogen-bond donors (Lipinski definition) is 0. The van der Waals surface area contributed by atoms with E-state index in [9.17, 15) is 4.79 Å². The number of rotatable bonds is 1. The zero-order chi connectivity index (χ0) is 12.5. The van der Waals surface area contributed by atoms with E-state index in [-0.39, 0.29) is 5.91 Å². The number of aromatic nitrogens is 1. The number of nitrogens with zero attached hydrogens (tertiary/aromatic N) is 2. The Bertz CT molecular complexity index is 594. The van der Waals surface area contributed by atoms with Gasteiger partial charge in [0.25, 0.3) is 5.91 Å². The molecule has 4 nitrogen and oxygen atoms in total. The first-order chi connectivity index (χ1) is 8.75. The summed E-state index contributed by atoms with van der Waals surface area (Å²) in [7, 11) is 0. The smallest absolute Gasteiger partial charge is 0.258 e. The van der Waals surface area contributed by atoms with Crippen LogP contribution in [-0.4, -0.2) is 22.3 Å². The summed E-state index contributed by atoms with van der Waals surface area (Å²) < 4.78 is 5.59. The Morgan fingerprint density at radius 2 is 2.33 bits per heavy atom. The molecule has 5 heteroatoms. The molecule has 0 saturated heterocycles. The van der Waals surface area contributed by atoms with Gasteiger partial charge < -0.3 is 9.32 Å². The van der Waals surface area contributed by atoms with Gasteiger partial charge in [0, 0.05) is 31.4 Å². The average Bonchev–Trinajstić information content (AvgIpc) is 2.83. The van der Waals surface area contributed by atoms with Crippen molar-refractivity contribution in [2.75, 3.05) is 6.54 Å². The molecule has 0 bridgehead atoms. The van der Waals surface area contributed by atoms with Crippen LogP contribution in [0.25, 0.3) is 0 Å². The van der Waals surface area contributed by atoms with Crippen molar-refractivity contribution < 1.29 is 9.21 Å². The van der Waals surface area contributed by atoms with Crippen molar-refractivity contribution in [2.45, 2.75) is 13.0 Å². The molecule has 0 fully saturated rings. The molecule has 1 aliphatic heterocycles. The van der Waals surface area contributed by atoms with Crippen molar-refractivity contribution in [3.05, 3.63) is 52.1 Å². The standard InChI is InChI=1S/C13H11BrN2O2/c14-12-10(4-7-18-12)13(17)16-6-3-11-9(8-16)2-1-5-15-11/h1-2,4-5,7H,3,6,8H2. The van der Waals surface area contributed by atoms with Crippen LogP contribution in [0.4, 0.5) is 0 Å². The SMILES string of the molecule is O=C(c1ccoc1Br)N1CCc2ncccc2C1. The molecule has 0 N–H and O–H groups in total. The van der Waals surface area contributed by atoms with Gasteiger partial charge in [0.2, 0.25) is 0 Å². The summed E-state index contributed by atoms with van der Waals surface area (Å²) in [5.74, 6) is -0.00914. The predicted molar refractivity (Wildman–Crippen MR) is 69.1 cm³/mol. The fraction of sp³-hybridized carbons (Fsp3) is 0.231. The first-order valence-corrected chi connectivity index (χ1v) is 6.50. The van der Waals surface area contributed by atoms with E-state index in [0.29, 0.717) is 23.3 Å². The molecule has 0 aromatic carbocycles. The fourth-order valence-corrected chi connectivity index (χ4v) is 2.57. The van der Waals surface area contributed by atoms with Crippen LogP contribution in [0, 0.1) is 0 Å². The summed E-state index contributed by atoms with van der Waals surface area (Å²) >= 11 is 3.24. The maximum absolute atomic E-state index is 12.3. The largest absolute Gasteiger partial charge is 0.457 e. The lowest BCUT2D eigenvalue weighted by Crippen LogP contribution is -2.36. The van der Waals surface area contributed by atoms with Gasteiger partial charge in [-0.1, -0.05) is 6.07 Å². The lowest BCUT2D eigenvalue weighted by Gasteiger charge is -2.27. The van der Waals surface area contributed by atoms with Crippen molar-refractivity contribution >= 4 is 21.8 Å². The predicted octanol–water partition coefficient (Wildman–Crippen LogP) is 2.64. The molecule has 0 saturated carbocycles. The highest BCUT2D eigenvalue weighted by molar-refractivity contribution is 9.10. The maximum atomic E-state index is 12.3. The zero-order valence-corrected chi connectivity index (χ0v) is 11.2. The van der Waals surface area contributed by atoms with Gasteiger partial charge in [-0.25, -0.2) is 0 Å². The topological polar surface area (TPSA) is 46.3 Å². The number of carbonyl (C=O) groups excluding carboxylic acids is 1.